The Labute approximate surface area is 88.7 Å². The molecule has 0 aromatic carbocycles. The van der Waals surface area contributed by atoms with Crippen molar-refractivity contribution in [1.29, 1.82) is 0 Å². The molecule has 86 valence electrons. The summed E-state index contributed by atoms with van der Waals surface area (Å²) >= 11 is 0. The van der Waals surface area contributed by atoms with Gasteiger partial charge < -0.3 is 9.84 Å². The van der Waals surface area contributed by atoms with Crippen molar-refractivity contribution in [3.8, 4) is 0 Å². The third-order valence-corrected chi connectivity index (χ3v) is 2.33. The van der Waals surface area contributed by atoms with Gasteiger partial charge in [-0.1, -0.05) is 39.5 Å². The van der Waals surface area contributed by atoms with Crippen molar-refractivity contribution >= 4 is 0 Å². The van der Waals surface area contributed by atoms with Crippen molar-refractivity contribution < 1.29 is 9.84 Å². The molecule has 0 radical (unpaired) electrons. The Bertz CT molecular complexity index is 121. The van der Waals surface area contributed by atoms with Gasteiger partial charge >= 0.3 is 0 Å². The number of ether oxygens (including phenoxy) is 1. The third kappa shape index (κ3) is 8.52. The molecule has 1 atom stereocenters. The molecule has 0 amide bonds. The maximum absolute atomic E-state index is 9.92. The van der Waals surface area contributed by atoms with E-state index < -0.39 is 5.60 Å². The molecule has 0 saturated heterocycles. The summed E-state index contributed by atoms with van der Waals surface area (Å²) in [7, 11) is 0. The van der Waals surface area contributed by atoms with Crippen LogP contribution in [0, 0.1) is 0 Å². The highest BCUT2D eigenvalue weighted by atomic mass is 16.5. The molecule has 0 aliphatic carbocycles. The molecule has 1 N–H and O–H groups in total. The standard InChI is InChI=1S/C12H26O2/c1-4-6-7-8-9-12(3,13)11-14-10-5-2/h13H,4-11H2,1-3H3. The molecule has 0 spiro atoms. The van der Waals surface area contributed by atoms with Gasteiger partial charge in [0.05, 0.1) is 12.2 Å². The van der Waals surface area contributed by atoms with Gasteiger partial charge in [-0.15, -0.1) is 0 Å². The molecule has 1 unspecified atom stereocenters. The van der Waals surface area contributed by atoms with Crippen molar-refractivity contribution in [2.45, 2.75) is 64.9 Å². The lowest BCUT2D eigenvalue weighted by Crippen LogP contribution is -2.30. The van der Waals surface area contributed by atoms with E-state index in [1.165, 1.54) is 19.3 Å². The lowest BCUT2D eigenvalue weighted by Gasteiger charge is -2.22. The van der Waals surface area contributed by atoms with Gasteiger partial charge in [0, 0.05) is 6.61 Å². The topological polar surface area (TPSA) is 29.5 Å². The van der Waals surface area contributed by atoms with E-state index in [4.69, 9.17) is 4.74 Å². The summed E-state index contributed by atoms with van der Waals surface area (Å²) in [5.41, 5.74) is -0.622. The SMILES string of the molecule is CCCCCCC(C)(O)COCCC. The Morgan fingerprint density at radius 2 is 1.79 bits per heavy atom. The number of unbranched alkanes of at least 4 members (excludes halogenated alkanes) is 3. The molecular weight excluding hydrogens is 176 g/mol. The van der Waals surface area contributed by atoms with Gasteiger partial charge in [0.25, 0.3) is 0 Å². The van der Waals surface area contributed by atoms with E-state index in [9.17, 15) is 5.11 Å². The van der Waals surface area contributed by atoms with Gasteiger partial charge in [0.1, 0.15) is 0 Å². The molecule has 2 nitrogen and oxygen atoms in total. The Hall–Kier alpha value is -0.0800. The fraction of sp³-hybridized carbons (Fsp3) is 1.00. The predicted octanol–water partition coefficient (Wildman–Crippen LogP) is 3.13. The largest absolute Gasteiger partial charge is 0.388 e. The predicted molar refractivity (Wildman–Crippen MR) is 60.5 cm³/mol. The molecule has 0 aliphatic heterocycles. The van der Waals surface area contributed by atoms with E-state index in [2.05, 4.69) is 13.8 Å². The van der Waals surface area contributed by atoms with Gasteiger partial charge in [-0.25, -0.2) is 0 Å². The highest BCUT2D eigenvalue weighted by Gasteiger charge is 2.19. The van der Waals surface area contributed by atoms with E-state index in [1.54, 1.807) is 0 Å². The summed E-state index contributed by atoms with van der Waals surface area (Å²) in [6.45, 7) is 7.38. The van der Waals surface area contributed by atoms with E-state index >= 15 is 0 Å². The second-order valence-corrected chi connectivity index (χ2v) is 4.36. The fourth-order valence-corrected chi connectivity index (χ4v) is 1.44. The summed E-state index contributed by atoms with van der Waals surface area (Å²) in [5.74, 6) is 0. The van der Waals surface area contributed by atoms with Crippen LogP contribution in [0.25, 0.3) is 0 Å². The number of aliphatic hydroxyl groups is 1. The highest BCUT2D eigenvalue weighted by molar-refractivity contribution is 4.71. The average molecular weight is 202 g/mol. The Morgan fingerprint density at radius 1 is 1.07 bits per heavy atom. The minimum Gasteiger partial charge on any atom is -0.388 e. The Balaban J connectivity index is 3.40. The normalized spacial score (nSPS) is 15.4. The maximum Gasteiger partial charge on any atom is 0.0852 e. The first-order valence-corrected chi connectivity index (χ1v) is 5.92. The van der Waals surface area contributed by atoms with Crippen LogP contribution in [0.15, 0.2) is 0 Å². The monoisotopic (exact) mass is 202 g/mol. The molecule has 0 bridgehead atoms. The molecule has 0 heterocycles. The van der Waals surface area contributed by atoms with Crippen LogP contribution in [-0.2, 0) is 4.74 Å². The van der Waals surface area contributed by atoms with Gasteiger partial charge in [-0.05, 0) is 19.8 Å². The quantitative estimate of drug-likeness (QED) is 0.582. The molecular formula is C12H26O2. The van der Waals surface area contributed by atoms with Crippen molar-refractivity contribution in [1.82, 2.24) is 0 Å². The molecule has 0 aromatic heterocycles. The molecule has 0 fully saturated rings. The van der Waals surface area contributed by atoms with Crippen LogP contribution in [0.1, 0.15) is 59.3 Å². The molecule has 14 heavy (non-hydrogen) atoms. The molecule has 0 rings (SSSR count). The first-order valence-electron chi connectivity index (χ1n) is 5.92. The second-order valence-electron chi connectivity index (χ2n) is 4.36. The van der Waals surface area contributed by atoms with Crippen molar-refractivity contribution in [2.75, 3.05) is 13.2 Å². The minimum atomic E-state index is -0.622. The summed E-state index contributed by atoms with van der Waals surface area (Å²) < 4.78 is 5.35. The third-order valence-electron chi connectivity index (χ3n) is 2.33. The van der Waals surface area contributed by atoms with Crippen LogP contribution in [-0.4, -0.2) is 23.9 Å². The Kier molecular flexibility index (Phi) is 8.20. The summed E-state index contributed by atoms with van der Waals surface area (Å²) in [6.07, 6.45) is 6.72. The summed E-state index contributed by atoms with van der Waals surface area (Å²) in [5, 5.41) is 9.92. The first-order chi connectivity index (χ1) is 6.62. The van der Waals surface area contributed by atoms with Gasteiger partial charge in [0.2, 0.25) is 0 Å². The lowest BCUT2D eigenvalue weighted by molar-refractivity contribution is -0.0399. The average Bonchev–Trinajstić information content (AvgIpc) is 2.13. The summed E-state index contributed by atoms with van der Waals surface area (Å²) in [4.78, 5) is 0. The molecule has 2 heteroatoms. The van der Waals surface area contributed by atoms with Crippen LogP contribution in [0.4, 0.5) is 0 Å². The lowest BCUT2D eigenvalue weighted by atomic mass is 9.99. The van der Waals surface area contributed by atoms with E-state index in [-0.39, 0.29) is 0 Å². The highest BCUT2D eigenvalue weighted by Crippen LogP contribution is 2.15. The number of hydrogen-bond acceptors (Lipinski definition) is 2. The van der Waals surface area contributed by atoms with E-state index in [1.807, 2.05) is 6.92 Å². The fourth-order valence-electron chi connectivity index (χ4n) is 1.44. The zero-order valence-electron chi connectivity index (χ0n) is 10.0. The van der Waals surface area contributed by atoms with Crippen LogP contribution >= 0.6 is 0 Å². The minimum absolute atomic E-state index is 0.479. The molecule has 0 aliphatic rings. The van der Waals surface area contributed by atoms with Crippen molar-refractivity contribution in [2.24, 2.45) is 0 Å². The number of hydrogen-bond donors (Lipinski definition) is 1. The maximum atomic E-state index is 9.92. The van der Waals surface area contributed by atoms with E-state index in [0.29, 0.717) is 6.61 Å². The summed E-state index contributed by atoms with van der Waals surface area (Å²) in [6, 6.07) is 0. The zero-order valence-corrected chi connectivity index (χ0v) is 10.0. The van der Waals surface area contributed by atoms with Crippen LogP contribution in [0.2, 0.25) is 0 Å². The van der Waals surface area contributed by atoms with Crippen LogP contribution in [0.3, 0.4) is 0 Å². The van der Waals surface area contributed by atoms with Crippen LogP contribution in [0.5, 0.6) is 0 Å². The first kappa shape index (κ1) is 13.9. The van der Waals surface area contributed by atoms with Crippen molar-refractivity contribution in [3.05, 3.63) is 0 Å². The smallest absolute Gasteiger partial charge is 0.0852 e. The number of rotatable bonds is 9. The molecule has 0 aromatic rings. The van der Waals surface area contributed by atoms with Crippen molar-refractivity contribution in [3.63, 3.8) is 0 Å². The van der Waals surface area contributed by atoms with Gasteiger partial charge in [0.15, 0.2) is 0 Å². The van der Waals surface area contributed by atoms with Gasteiger partial charge in [-0.2, -0.15) is 0 Å². The molecule has 0 saturated carbocycles. The zero-order chi connectivity index (χ0) is 10.9. The van der Waals surface area contributed by atoms with Gasteiger partial charge in [-0.3, -0.25) is 0 Å². The van der Waals surface area contributed by atoms with Crippen LogP contribution < -0.4 is 0 Å². The Morgan fingerprint density at radius 3 is 2.36 bits per heavy atom. The second kappa shape index (κ2) is 8.25. The van der Waals surface area contributed by atoms with E-state index in [0.717, 1.165) is 25.9 Å².